The molecular weight excluding hydrogens is 406 g/mol. The molecule has 140 valence electrons. The molecule has 4 nitrogen and oxygen atoms in total. The van der Waals surface area contributed by atoms with Crippen LogP contribution in [0.15, 0.2) is 34.9 Å². The van der Waals surface area contributed by atoms with Gasteiger partial charge in [-0.3, -0.25) is 9.78 Å². The molecule has 0 aliphatic carbocycles. The molecule has 1 aromatic heterocycles. The van der Waals surface area contributed by atoms with E-state index in [4.69, 9.17) is 10.5 Å². The molecule has 0 aliphatic rings. The minimum Gasteiger partial charge on any atom is -0.460 e. The van der Waals surface area contributed by atoms with E-state index in [0.717, 1.165) is 6.07 Å². The number of halogens is 3. The van der Waals surface area contributed by atoms with Gasteiger partial charge in [0, 0.05) is 16.5 Å². The monoisotopic (exact) mass is 426 g/mol. The highest BCUT2D eigenvalue weighted by molar-refractivity contribution is 9.10. The fraction of sp³-hybridized carbons (Fsp3) is 0.368. The Balaban J connectivity index is 2.33. The second-order valence-electron chi connectivity index (χ2n) is 7.11. The van der Waals surface area contributed by atoms with Gasteiger partial charge in [-0.15, -0.1) is 0 Å². The summed E-state index contributed by atoms with van der Waals surface area (Å²) in [4.78, 5) is 16.6. The zero-order valence-corrected chi connectivity index (χ0v) is 16.4. The Labute approximate surface area is 159 Å². The van der Waals surface area contributed by atoms with E-state index in [2.05, 4.69) is 20.9 Å². The maximum absolute atomic E-state index is 13.5. The number of nitrogen functional groups attached to an aromatic ring is 1. The highest BCUT2D eigenvalue weighted by atomic mass is 79.9. The molecule has 2 aromatic rings. The third-order valence-electron chi connectivity index (χ3n) is 3.52. The van der Waals surface area contributed by atoms with Crippen LogP contribution in [0.1, 0.15) is 44.4 Å². The van der Waals surface area contributed by atoms with Gasteiger partial charge in [-0.1, -0.05) is 0 Å². The lowest BCUT2D eigenvalue weighted by molar-refractivity contribution is -0.155. The maximum Gasteiger partial charge on any atom is 0.306 e. The summed E-state index contributed by atoms with van der Waals surface area (Å²) in [5, 5.41) is 0. The summed E-state index contributed by atoms with van der Waals surface area (Å²) >= 11 is 3.40. The molecule has 1 atom stereocenters. The smallest absolute Gasteiger partial charge is 0.306 e. The zero-order chi connectivity index (χ0) is 19.5. The molecule has 0 unspecified atom stereocenters. The van der Waals surface area contributed by atoms with E-state index in [9.17, 15) is 13.6 Å². The second-order valence-corrected chi connectivity index (χ2v) is 7.96. The van der Waals surface area contributed by atoms with Crippen LogP contribution in [0.5, 0.6) is 0 Å². The highest BCUT2D eigenvalue weighted by Crippen LogP contribution is 2.31. The number of hydrogen-bond acceptors (Lipinski definition) is 4. The Morgan fingerprint density at radius 3 is 2.38 bits per heavy atom. The highest BCUT2D eigenvalue weighted by Gasteiger charge is 2.25. The Kier molecular flexibility index (Phi) is 6.34. The fourth-order valence-electron chi connectivity index (χ4n) is 2.63. The molecule has 0 saturated heterocycles. The van der Waals surface area contributed by atoms with Crippen LogP contribution < -0.4 is 5.73 Å². The van der Waals surface area contributed by atoms with Crippen LogP contribution >= 0.6 is 15.9 Å². The number of rotatable bonds is 5. The number of carbonyl (C=O) groups excluding carboxylic acids is 1. The van der Waals surface area contributed by atoms with Crippen molar-refractivity contribution in [1.82, 2.24) is 4.98 Å². The van der Waals surface area contributed by atoms with Crippen LogP contribution in [-0.4, -0.2) is 16.6 Å². The SMILES string of the molecule is CC(C)(C)OC(=O)C[C@@H](Cc1cc(F)cc(F)c1)c1ncc(N)cc1Br. The molecule has 1 aromatic carbocycles. The van der Waals surface area contributed by atoms with E-state index in [1.165, 1.54) is 18.3 Å². The number of ether oxygens (including phenoxy) is 1. The molecule has 2 N–H and O–H groups in total. The topological polar surface area (TPSA) is 65.2 Å². The summed E-state index contributed by atoms with van der Waals surface area (Å²) in [6.45, 7) is 5.33. The Hall–Kier alpha value is -2.02. The summed E-state index contributed by atoms with van der Waals surface area (Å²) < 4.78 is 33.1. The van der Waals surface area contributed by atoms with Crippen molar-refractivity contribution in [3.05, 3.63) is 57.8 Å². The Morgan fingerprint density at radius 2 is 1.85 bits per heavy atom. The van der Waals surface area contributed by atoms with Gasteiger partial charge in [0.15, 0.2) is 0 Å². The predicted octanol–water partition coefficient (Wildman–Crippen LogP) is 4.76. The normalized spacial score (nSPS) is 12.7. The van der Waals surface area contributed by atoms with Gasteiger partial charge in [-0.25, -0.2) is 8.78 Å². The van der Waals surface area contributed by atoms with Crippen molar-refractivity contribution in [2.24, 2.45) is 0 Å². The first-order valence-electron chi connectivity index (χ1n) is 8.11. The first-order valence-corrected chi connectivity index (χ1v) is 8.90. The van der Waals surface area contributed by atoms with Crippen LogP contribution in [0.4, 0.5) is 14.5 Å². The minimum atomic E-state index is -0.666. The van der Waals surface area contributed by atoms with Gasteiger partial charge < -0.3 is 10.5 Å². The number of carbonyl (C=O) groups is 1. The van der Waals surface area contributed by atoms with E-state index in [0.29, 0.717) is 21.4 Å². The standard InChI is InChI=1S/C19H21BrF2N2O2/c1-19(2,3)26-17(25)7-12(18-16(20)9-15(23)10-24-18)4-11-5-13(21)8-14(22)6-11/h5-6,8-10,12H,4,7,23H2,1-3H3/t12-/m1/s1. The molecule has 1 heterocycles. The van der Waals surface area contributed by atoms with Crippen molar-refractivity contribution in [1.29, 1.82) is 0 Å². The molecule has 26 heavy (non-hydrogen) atoms. The van der Waals surface area contributed by atoms with E-state index < -0.39 is 29.1 Å². The number of nitrogens with two attached hydrogens (primary N) is 1. The second kappa shape index (κ2) is 8.12. The molecule has 0 radical (unpaired) electrons. The average Bonchev–Trinajstić information content (AvgIpc) is 2.43. The lowest BCUT2D eigenvalue weighted by Gasteiger charge is -2.23. The lowest BCUT2D eigenvalue weighted by Crippen LogP contribution is -2.25. The molecule has 2 rings (SSSR count). The van der Waals surface area contributed by atoms with Crippen molar-refractivity contribution in [2.75, 3.05) is 5.73 Å². The van der Waals surface area contributed by atoms with Gasteiger partial charge in [0.2, 0.25) is 0 Å². The number of hydrogen-bond donors (Lipinski definition) is 1. The Morgan fingerprint density at radius 1 is 1.23 bits per heavy atom. The van der Waals surface area contributed by atoms with Gasteiger partial charge in [-0.2, -0.15) is 0 Å². The minimum absolute atomic E-state index is 0.0188. The van der Waals surface area contributed by atoms with Crippen LogP contribution in [0.2, 0.25) is 0 Å². The number of nitrogens with zero attached hydrogens (tertiary/aromatic N) is 1. The molecule has 0 aliphatic heterocycles. The van der Waals surface area contributed by atoms with Crippen molar-refractivity contribution >= 4 is 27.6 Å². The van der Waals surface area contributed by atoms with Crippen LogP contribution in [0.3, 0.4) is 0 Å². The summed E-state index contributed by atoms with van der Waals surface area (Å²) in [5.41, 5.74) is 6.57. The first-order chi connectivity index (χ1) is 12.0. The van der Waals surface area contributed by atoms with Gasteiger partial charge in [0.25, 0.3) is 0 Å². The van der Waals surface area contributed by atoms with Crippen LogP contribution in [0.25, 0.3) is 0 Å². The van der Waals surface area contributed by atoms with E-state index in [1.807, 2.05) is 0 Å². The number of aromatic nitrogens is 1. The van der Waals surface area contributed by atoms with Crippen molar-refractivity contribution in [2.45, 2.75) is 45.1 Å². The zero-order valence-electron chi connectivity index (χ0n) is 14.9. The predicted molar refractivity (Wildman–Crippen MR) is 99.6 cm³/mol. The molecule has 0 saturated carbocycles. The summed E-state index contributed by atoms with van der Waals surface area (Å²) in [6.07, 6.45) is 1.72. The number of esters is 1. The molecule has 0 spiro atoms. The molecule has 0 amide bonds. The van der Waals surface area contributed by atoms with Gasteiger partial charge in [0.1, 0.15) is 17.2 Å². The molecular formula is C19H21BrF2N2O2. The fourth-order valence-corrected chi connectivity index (χ4v) is 3.32. The van der Waals surface area contributed by atoms with E-state index in [-0.39, 0.29) is 12.8 Å². The quantitative estimate of drug-likeness (QED) is 0.699. The summed E-state index contributed by atoms with van der Waals surface area (Å²) in [7, 11) is 0. The summed E-state index contributed by atoms with van der Waals surface area (Å²) in [5.74, 6) is -2.17. The van der Waals surface area contributed by atoms with E-state index in [1.54, 1.807) is 26.8 Å². The van der Waals surface area contributed by atoms with Crippen molar-refractivity contribution < 1.29 is 18.3 Å². The number of benzene rings is 1. The average molecular weight is 427 g/mol. The van der Waals surface area contributed by atoms with Crippen molar-refractivity contribution in [3.8, 4) is 0 Å². The number of pyridine rings is 1. The first kappa shape index (κ1) is 20.3. The van der Waals surface area contributed by atoms with Gasteiger partial charge in [-0.05, 0) is 66.9 Å². The summed E-state index contributed by atoms with van der Waals surface area (Å²) in [6, 6.07) is 4.98. The number of anilines is 1. The van der Waals surface area contributed by atoms with Crippen molar-refractivity contribution in [3.63, 3.8) is 0 Å². The Bertz CT molecular complexity index is 786. The maximum atomic E-state index is 13.5. The van der Waals surface area contributed by atoms with E-state index >= 15 is 0 Å². The van der Waals surface area contributed by atoms with Crippen LogP contribution in [-0.2, 0) is 16.0 Å². The van der Waals surface area contributed by atoms with Gasteiger partial charge >= 0.3 is 5.97 Å². The van der Waals surface area contributed by atoms with Gasteiger partial charge in [0.05, 0.1) is 24.0 Å². The molecule has 0 fully saturated rings. The van der Waals surface area contributed by atoms with Crippen LogP contribution in [0, 0.1) is 11.6 Å². The third-order valence-corrected chi connectivity index (χ3v) is 4.15. The largest absolute Gasteiger partial charge is 0.460 e. The lowest BCUT2D eigenvalue weighted by atomic mass is 9.92. The molecule has 0 bridgehead atoms. The molecule has 7 heteroatoms. The third kappa shape index (κ3) is 6.05.